The van der Waals surface area contributed by atoms with Crippen molar-refractivity contribution >= 4 is 17.6 Å². The molecule has 2 N–H and O–H groups in total. The molecule has 5 nitrogen and oxygen atoms in total. The molecule has 32 heavy (non-hydrogen) atoms. The van der Waals surface area contributed by atoms with E-state index in [0.717, 1.165) is 17.5 Å². The van der Waals surface area contributed by atoms with Crippen molar-refractivity contribution in [3.05, 3.63) is 102 Å². The first-order chi connectivity index (χ1) is 15.5. The zero-order chi connectivity index (χ0) is 22.8. The smallest absolute Gasteiger partial charge is 0.322 e. The molecule has 0 aliphatic carbocycles. The third-order valence-corrected chi connectivity index (χ3v) is 5.24. The highest BCUT2D eigenvalue weighted by molar-refractivity contribution is 5.90. The maximum absolute atomic E-state index is 13.5. The lowest BCUT2D eigenvalue weighted by atomic mass is 10.1. The number of nitrogens with zero attached hydrogens (tertiary/aromatic N) is 1. The number of halogens is 1. The fourth-order valence-corrected chi connectivity index (χ4v) is 3.45. The number of anilines is 1. The lowest BCUT2D eigenvalue weighted by molar-refractivity contribution is -0.121. The molecule has 3 aromatic rings. The summed E-state index contributed by atoms with van der Waals surface area (Å²) in [4.78, 5) is 27.0. The molecule has 0 bridgehead atoms. The number of rotatable bonds is 9. The number of hydrogen-bond donors (Lipinski definition) is 2. The van der Waals surface area contributed by atoms with Gasteiger partial charge in [0, 0.05) is 25.2 Å². The molecule has 0 heterocycles. The SMILES string of the molecule is CC(c1ccccc1)N(CCC(=O)NCCc1ccccc1)C(=O)Nc1cccc(F)c1. The second kappa shape index (κ2) is 11.6. The summed E-state index contributed by atoms with van der Waals surface area (Å²) >= 11 is 0. The lowest BCUT2D eigenvalue weighted by Crippen LogP contribution is -2.40. The van der Waals surface area contributed by atoms with E-state index in [4.69, 9.17) is 0 Å². The molecule has 0 saturated heterocycles. The van der Waals surface area contributed by atoms with E-state index in [1.165, 1.54) is 18.2 Å². The van der Waals surface area contributed by atoms with Gasteiger partial charge in [0.2, 0.25) is 5.91 Å². The fourth-order valence-electron chi connectivity index (χ4n) is 3.45. The molecule has 0 saturated carbocycles. The molecule has 6 heteroatoms. The monoisotopic (exact) mass is 433 g/mol. The van der Waals surface area contributed by atoms with Crippen LogP contribution in [0.2, 0.25) is 0 Å². The maximum atomic E-state index is 13.5. The van der Waals surface area contributed by atoms with E-state index in [0.29, 0.717) is 12.2 Å². The Labute approximate surface area is 188 Å². The van der Waals surface area contributed by atoms with E-state index in [1.54, 1.807) is 11.0 Å². The molecule has 0 aliphatic heterocycles. The number of carbonyl (C=O) groups excluding carboxylic acids is 2. The van der Waals surface area contributed by atoms with Gasteiger partial charge in [-0.05, 0) is 42.7 Å². The van der Waals surface area contributed by atoms with Crippen molar-refractivity contribution in [2.75, 3.05) is 18.4 Å². The number of nitrogens with one attached hydrogen (secondary N) is 2. The van der Waals surface area contributed by atoms with Crippen LogP contribution < -0.4 is 10.6 Å². The lowest BCUT2D eigenvalue weighted by Gasteiger charge is -2.29. The van der Waals surface area contributed by atoms with Gasteiger partial charge in [0.05, 0.1) is 6.04 Å². The van der Waals surface area contributed by atoms with E-state index < -0.39 is 5.82 Å². The molecular weight excluding hydrogens is 405 g/mol. The minimum Gasteiger partial charge on any atom is -0.356 e. The van der Waals surface area contributed by atoms with Crippen LogP contribution in [0.3, 0.4) is 0 Å². The summed E-state index contributed by atoms with van der Waals surface area (Å²) in [5, 5.41) is 5.65. The first-order valence-electron chi connectivity index (χ1n) is 10.7. The molecule has 1 atom stereocenters. The maximum Gasteiger partial charge on any atom is 0.322 e. The summed E-state index contributed by atoms with van der Waals surface area (Å²) in [7, 11) is 0. The van der Waals surface area contributed by atoms with E-state index in [-0.39, 0.29) is 30.9 Å². The topological polar surface area (TPSA) is 61.4 Å². The normalized spacial score (nSPS) is 11.4. The molecule has 0 spiro atoms. The van der Waals surface area contributed by atoms with Gasteiger partial charge in [-0.15, -0.1) is 0 Å². The van der Waals surface area contributed by atoms with Crippen molar-refractivity contribution in [3.8, 4) is 0 Å². The summed E-state index contributed by atoms with van der Waals surface area (Å²) < 4.78 is 13.5. The Morgan fingerprint density at radius 2 is 1.62 bits per heavy atom. The van der Waals surface area contributed by atoms with Crippen molar-refractivity contribution in [1.82, 2.24) is 10.2 Å². The zero-order valence-electron chi connectivity index (χ0n) is 18.1. The van der Waals surface area contributed by atoms with Gasteiger partial charge in [-0.25, -0.2) is 9.18 Å². The number of carbonyl (C=O) groups is 2. The van der Waals surface area contributed by atoms with Gasteiger partial charge in [0.25, 0.3) is 0 Å². The fraction of sp³-hybridized carbons (Fsp3) is 0.231. The highest BCUT2D eigenvalue weighted by atomic mass is 19.1. The van der Waals surface area contributed by atoms with Crippen LogP contribution >= 0.6 is 0 Å². The minimum absolute atomic E-state index is 0.121. The molecule has 166 valence electrons. The number of hydrogen-bond acceptors (Lipinski definition) is 2. The first-order valence-corrected chi connectivity index (χ1v) is 10.7. The Morgan fingerprint density at radius 1 is 0.938 bits per heavy atom. The molecule has 3 rings (SSSR count). The molecule has 0 radical (unpaired) electrons. The highest BCUT2D eigenvalue weighted by Crippen LogP contribution is 2.22. The Bertz CT molecular complexity index is 1010. The predicted octanol–water partition coefficient (Wildman–Crippen LogP) is 5.17. The van der Waals surface area contributed by atoms with Gasteiger partial charge >= 0.3 is 6.03 Å². The van der Waals surface area contributed by atoms with Crippen molar-refractivity contribution in [2.24, 2.45) is 0 Å². The van der Waals surface area contributed by atoms with Crippen LogP contribution in [0.4, 0.5) is 14.9 Å². The summed E-state index contributed by atoms with van der Waals surface area (Å²) in [5.41, 5.74) is 2.47. The predicted molar refractivity (Wildman–Crippen MR) is 125 cm³/mol. The molecule has 0 fully saturated rings. The second-order valence-corrected chi connectivity index (χ2v) is 7.56. The van der Waals surface area contributed by atoms with Gasteiger partial charge in [-0.1, -0.05) is 66.7 Å². The molecule has 3 amide bonds. The van der Waals surface area contributed by atoms with Crippen LogP contribution in [0.1, 0.15) is 30.5 Å². The van der Waals surface area contributed by atoms with Crippen LogP contribution in [0.15, 0.2) is 84.9 Å². The van der Waals surface area contributed by atoms with Crippen LogP contribution in [0.25, 0.3) is 0 Å². The number of urea groups is 1. The van der Waals surface area contributed by atoms with E-state index in [2.05, 4.69) is 10.6 Å². The Hall–Kier alpha value is -3.67. The van der Waals surface area contributed by atoms with E-state index in [9.17, 15) is 14.0 Å². The molecule has 3 aromatic carbocycles. The van der Waals surface area contributed by atoms with E-state index >= 15 is 0 Å². The standard InChI is InChI=1S/C26H28FN3O2/c1-20(22-11-6-3-7-12-22)30(26(32)29-24-14-8-13-23(27)19-24)18-16-25(31)28-17-15-21-9-4-2-5-10-21/h2-14,19-20H,15-18H2,1H3,(H,28,31)(H,29,32). The third kappa shape index (κ3) is 6.94. The van der Waals surface area contributed by atoms with Crippen LogP contribution in [0.5, 0.6) is 0 Å². The Balaban J connectivity index is 1.61. The summed E-state index contributed by atoms with van der Waals surface area (Å²) in [6.45, 7) is 2.68. The Morgan fingerprint density at radius 3 is 2.31 bits per heavy atom. The van der Waals surface area contributed by atoms with Crippen molar-refractivity contribution in [1.29, 1.82) is 0 Å². The average molecular weight is 434 g/mol. The van der Waals surface area contributed by atoms with E-state index in [1.807, 2.05) is 67.6 Å². The second-order valence-electron chi connectivity index (χ2n) is 7.56. The third-order valence-electron chi connectivity index (χ3n) is 5.24. The van der Waals surface area contributed by atoms with Crippen LogP contribution in [-0.4, -0.2) is 29.9 Å². The average Bonchev–Trinajstić information content (AvgIpc) is 2.80. The number of benzene rings is 3. The van der Waals surface area contributed by atoms with Crippen molar-refractivity contribution in [3.63, 3.8) is 0 Å². The highest BCUT2D eigenvalue weighted by Gasteiger charge is 2.22. The van der Waals surface area contributed by atoms with Crippen molar-refractivity contribution < 1.29 is 14.0 Å². The van der Waals surface area contributed by atoms with Crippen molar-refractivity contribution in [2.45, 2.75) is 25.8 Å². The minimum atomic E-state index is -0.428. The quantitative estimate of drug-likeness (QED) is 0.489. The first kappa shape index (κ1) is 23.0. The van der Waals surface area contributed by atoms with Gasteiger partial charge in [0.1, 0.15) is 5.82 Å². The molecular formula is C26H28FN3O2. The van der Waals surface area contributed by atoms with Gasteiger partial charge in [-0.2, -0.15) is 0 Å². The van der Waals surface area contributed by atoms with Crippen LogP contribution in [-0.2, 0) is 11.2 Å². The van der Waals surface area contributed by atoms with Crippen LogP contribution in [0, 0.1) is 5.82 Å². The summed E-state index contributed by atoms with van der Waals surface area (Å²) in [6, 6.07) is 24.6. The van der Waals surface area contributed by atoms with Gasteiger partial charge in [-0.3, -0.25) is 4.79 Å². The largest absolute Gasteiger partial charge is 0.356 e. The summed E-state index contributed by atoms with van der Waals surface area (Å²) in [6.07, 6.45) is 0.916. The zero-order valence-corrected chi connectivity index (χ0v) is 18.1. The molecule has 0 aliphatic rings. The van der Waals surface area contributed by atoms with Gasteiger partial charge < -0.3 is 15.5 Å². The Kier molecular flexibility index (Phi) is 8.37. The number of amides is 3. The summed E-state index contributed by atoms with van der Waals surface area (Å²) in [5.74, 6) is -0.548. The molecule has 0 aromatic heterocycles. The van der Waals surface area contributed by atoms with Gasteiger partial charge in [0.15, 0.2) is 0 Å². The molecule has 1 unspecified atom stereocenters.